The first-order chi connectivity index (χ1) is 9.15. The van der Waals surface area contributed by atoms with Crippen LogP contribution in [0.4, 0.5) is 5.69 Å². The lowest BCUT2D eigenvalue weighted by atomic mass is 10.1. The van der Waals surface area contributed by atoms with E-state index in [1.54, 1.807) is 0 Å². The maximum absolute atomic E-state index is 11.1. The van der Waals surface area contributed by atoms with Crippen LogP contribution in [-0.2, 0) is 17.9 Å². The van der Waals surface area contributed by atoms with Crippen LogP contribution in [0.25, 0.3) is 0 Å². The largest absolute Gasteiger partial charge is 0.361 e. The Kier molecular flexibility index (Phi) is 4.30. The van der Waals surface area contributed by atoms with Gasteiger partial charge in [0.2, 0.25) is 5.91 Å². The monoisotopic (exact) mass is 259 g/mol. The predicted octanol–water partition coefficient (Wildman–Crippen LogP) is 2.23. The van der Waals surface area contributed by atoms with Crippen LogP contribution in [0, 0.1) is 6.92 Å². The minimum Gasteiger partial charge on any atom is -0.361 e. The molecule has 0 saturated heterocycles. The maximum Gasteiger partial charge on any atom is 0.221 e. The fourth-order valence-corrected chi connectivity index (χ4v) is 1.81. The molecular formula is C14H17N3O2. The number of benzene rings is 1. The van der Waals surface area contributed by atoms with Crippen LogP contribution in [0.15, 0.2) is 34.9 Å². The third-order valence-electron chi connectivity index (χ3n) is 2.63. The molecule has 0 radical (unpaired) electrons. The molecule has 0 aliphatic heterocycles. The van der Waals surface area contributed by atoms with E-state index in [1.807, 2.05) is 37.3 Å². The number of para-hydroxylation sites is 1. The van der Waals surface area contributed by atoms with Crippen molar-refractivity contribution in [2.24, 2.45) is 0 Å². The van der Waals surface area contributed by atoms with Gasteiger partial charge in [0.05, 0.1) is 5.69 Å². The summed E-state index contributed by atoms with van der Waals surface area (Å²) in [6.07, 6.45) is 0. The summed E-state index contributed by atoms with van der Waals surface area (Å²) < 4.78 is 5.00. The Hall–Kier alpha value is -2.14. The van der Waals surface area contributed by atoms with Gasteiger partial charge in [-0.1, -0.05) is 23.4 Å². The fraction of sp³-hybridized carbons (Fsp3) is 0.286. The highest BCUT2D eigenvalue weighted by Crippen LogP contribution is 2.14. The number of rotatable bonds is 5. The van der Waals surface area contributed by atoms with E-state index in [0.717, 1.165) is 22.7 Å². The zero-order chi connectivity index (χ0) is 13.7. The zero-order valence-electron chi connectivity index (χ0n) is 11.1. The number of carbonyl (C=O) groups excluding carboxylic acids is 1. The topological polar surface area (TPSA) is 67.2 Å². The van der Waals surface area contributed by atoms with Crippen molar-refractivity contribution in [1.82, 2.24) is 10.5 Å². The lowest BCUT2D eigenvalue weighted by molar-refractivity contribution is -0.114. The molecule has 5 heteroatoms. The standard InChI is InChI=1S/C14H17N3O2/c1-10-7-13(17-19-10)9-15-8-12-5-3-4-6-14(12)16-11(2)18/h3-7,15H,8-9H2,1-2H3,(H,16,18). The van der Waals surface area contributed by atoms with Crippen LogP contribution in [0.5, 0.6) is 0 Å². The van der Waals surface area contributed by atoms with Crippen LogP contribution in [0.3, 0.4) is 0 Å². The number of hydrogen-bond acceptors (Lipinski definition) is 4. The number of nitrogens with zero attached hydrogens (tertiary/aromatic N) is 1. The molecule has 0 spiro atoms. The quantitative estimate of drug-likeness (QED) is 0.864. The van der Waals surface area contributed by atoms with Crippen molar-refractivity contribution >= 4 is 11.6 Å². The summed E-state index contributed by atoms with van der Waals surface area (Å²) in [5.41, 5.74) is 2.74. The smallest absolute Gasteiger partial charge is 0.221 e. The molecule has 2 N–H and O–H groups in total. The van der Waals surface area contributed by atoms with Gasteiger partial charge < -0.3 is 15.2 Å². The second-order valence-electron chi connectivity index (χ2n) is 4.37. The highest BCUT2D eigenvalue weighted by molar-refractivity contribution is 5.89. The first-order valence-electron chi connectivity index (χ1n) is 6.13. The lowest BCUT2D eigenvalue weighted by Gasteiger charge is -2.10. The molecule has 1 heterocycles. The minimum atomic E-state index is -0.0698. The van der Waals surface area contributed by atoms with Gasteiger partial charge in [-0.3, -0.25) is 4.79 Å². The van der Waals surface area contributed by atoms with Crippen molar-refractivity contribution in [3.05, 3.63) is 47.3 Å². The molecule has 0 bridgehead atoms. The van der Waals surface area contributed by atoms with E-state index in [4.69, 9.17) is 4.52 Å². The van der Waals surface area contributed by atoms with Gasteiger partial charge in [-0.05, 0) is 18.6 Å². The molecule has 19 heavy (non-hydrogen) atoms. The number of hydrogen-bond donors (Lipinski definition) is 2. The Morgan fingerprint density at radius 2 is 2.11 bits per heavy atom. The Balaban J connectivity index is 1.93. The number of nitrogens with one attached hydrogen (secondary N) is 2. The average molecular weight is 259 g/mol. The van der Waals surface area contributed by atoms with Gasteiger partial charge in [0.1, 0.15) is 5.76 Å². The van der Waals surface area contributed by atoms with Gasteiger partial charge in [-0.2, -0.15) is 0 Å². The minimum absolute atomic E-state index is 0.0698. The van der Waals surface area contributed by atoms with Gasteiger partial charge in [0.15, 0.2) is 0 Å². The molecule has 0 aliphatic rings. The first-order valence-corrected chi connectivity index (χ1v) is 6.13. The van der Waals surface area contributed by atoms with Crippen LogP contribution < -0.4 is 10.6 Å². The Morgan fingerprint density at radius 1 is 1.32 bits per heavy atom. The van der Waals surface area contributed by atoms with Gasteiger partial charge in [0.25, 0.3) is 0 Å². The van der Waals surface area contributed by atoms with Gasteiger partial charge in [-0.25, -0.2) is 0 Å². The fourth-order valence-electron chi connectivity index (χ4n) is 1.81. The summed E-state index contributed by atoms with van der Waals surface area (Å²) in [5.74, 6) is 0.732. The first kappa shape index (κ1) is 13.3. The molecule has 5 nitrogen and oxygen atoms in total. The Bertz CT molecular complexity index is 563. The summed E-state index contributed by atoms with van der Waals surface area (Å²) in [4.78, 5) is 11.1. The van der Waals surface area contributed by atoms with E-state index in [9.17, 15) is 4.79 Å². The summed E-state index contributed by atoms with van der Waals surface area (Å²) in [6.45, 7) is 4.65. The molecule has 0 atom stereocenters. The molecule has 0 saturated carbocycles. The van der Waals surface area contributed by atoms with Crippen LogP contribution in [0.1, 0.15) is 23.9 Å². The number of aromatic nitrogens is 1. The average Bonchev–Trinajstić information content (AvgIpc) is 2.77. The van der Waals surface area contributed by atoms with E-state index in [-0.39, 0.29) is 5.91 Å². The van der Waals surface area contributed by atoms with Crippen LogP contribution in [0.2, 0.25) is 0 Å². The van der Waals surface area contributed by atoms with Crippen molar-refractivity contribution in [1.29, 1.82) is 0 Å². The third kappa shape index (κ3) is 3.93. The highest BCUT2D eigenvalue weighted by atomic mass is 16.5. The molecule has 1 aromatic heterocycles. The SMILES string of the molecule is CC(=O)Nc1ccccc1CNCc1cc(C)on1. The van der Waals surface area contributed by atoms with Crippen molar-refractivity contribution < 1.29 is 9.32 Å². The third-order valence-corrected chi connectivity index (χ3v) is 2.63. The van der Waals surface area contributed by atoms with E-state index in [2.05, 4.69) is 15.8 Å². The predicted molar refractivity (Wildman–Crippen MR) is 72.5 cm³/mol. The van der Waals surface area contributed by atoms with Gasteiger partial charge >= 0.3 is 0 Å². The van der Waals surface area contributed by atoms with Gasteiger partial charge in [0, 0.05) is 31.8 Å². The number of amides is 1. The molecule has 0 aliphatic carbocycles. The van der Waals surface area contributed by atoms with E-state index >= 15 is 0 Å². The number of aryl methyl sites for hydroxylation is 1. The summed E-state index contributed by atoms with van der Waals surface area (Å²) >= 11 is 0. The molecular weight excluding hydrogens is 242 g/mol. The molecule has 0 fully saturated rings. The van der Waals surface area contributed by atoms with E-state index in [1.165, 1.54) is 6.92 Å². The van der Waals surface area contributed by atoms with Gasteiger partial charge in [-0.15, -0.1) is 0 Å². The molecule has 2 rings (SSSR count). The van der Waals surface area contributed by atoms with Crippen molar-refractivity contribution in [3.63, 3.8) is 0 Å². The van der Waals surface area contributed by atoms with Crippen molar-refractivity contribution in [2.75, 3.05) is 5.32 Å². The highest BCUT2D eigenvalue weighted by Gasteiger charge is 2.04. The summed E-state index contributed by atoms with van der Waals surface area (Å²) in [6, 6.07) is 9.61. The lowest BCUT2D eigenvalue weighted by Crippen LogP contribution is -2.15. The summed E-state index contributed by atoms with van der Waals surface area (Å²) in [5, 5.41) is 9.99. The number of anilines is 1. The second kappa shape index (κ2) is 6.15. The van der Waals surface area contributed by atoms with E-state index in [0.29, 0.717) is 13.1 Å². The Labute approximate surface area is 112 Å². The molecule has 1 aromatic carbocycles. The van der Waals surface area contributed by atoms with Crippen LogP contribution >= 0.6 is 0 Å². The normalized spacial score (nSPS) is 10.4. The second-order valence-corrected chi connectivity index (χ2v) is 4.37. The van der Waals surface area contributed by atoms with Crippen molar-refractivity contribution in [2.45, 2.75) is 26.9 Å². The molecule has 0 unspecified atom stereocenters. The zero-order valence-corrected chi connectivity index (χ0v) is 11.1. The van der Waals surface area contributed by atoms with E-state index < -0.39 is 0 Å². The molecule has 1 amide bonds. The number of carbonyl (C=O) groups is 1. The molecule has 100 valence electrons. The van der Waals surface area contributed by atoms with Crippen molar-refractivity contribution in [3.8, 4) is 0 Å². The maximum atomic E-state index is 11.1. The summed E-state index contributed by atoms with van der Waals surface area (Å²) in [7, 11) is 0. The molecule has 2 aromatic rings. The van der Waals surface area contributed by atoms with Crippen LogP contribution in [-0.4, -0.2) is 11.1 Å². The Morgan fingerprint density at radius 3 is 2.79 bits per heavy atom.